The second kappa shape index (κ2) is 6.77. The fourth-order valence-corrected chi connectivity index (χ4v) is 5.53. The molecule has 2 aliphatic heterocycles. The van der Waals surface area contributed by atoms with Gasteiger partial charge in [0.25, 0.3) is 0 Å². The minimum atomic E-state index is 0.372. The molecule has 160 valence electrons. The first kappa shape index (κ1) is 18.2. The Bertz CT molecular complexity index is 1450. The van der Waals surface area contributed by atoms with Gasteiger partial charge in [-0.05, 0) is 42.4 Å². The van der Waals surface area contributed by atoms with Gasteiger partial charge in [-0.15, -0.1) is 0 Å². The van der Waals surface area contributed by atoms with Crippen LogP contribution in [0.15, 0.2) is 55.1 Å². The Morgan fingerprint density at radius 1 is 0.969 bits per heavy atom. The third-order valence-corrected chi connectivity index (χ3v) is 7.38. The zero-order valence-corrected chi connectivity index (χ0v) is 17.8. The van der Waals surface area contributed by atoms with Crippen LogP contribution in [0.2, 0.25) is 0 Å². The highest BCUT2D eigenvalue weighted by atomic mass is 16.5. The van der Waals surface area contributed by atoms with Crippen molar-refractivity contribution in [1.29, 1.82) is 0 Å². The van der Waals surface area contributed by atoms with Crippen LogP contribution in [-0.4, -0.2) is 50.6 Å². The first-order valence-corrected chi connectivity index (χ1v) is 11.3. The number of anilines is 1. The van der Waals surface area contributed by atoms with Crippen molar-refractivity contribution in [3.05, 3.63) is 55.1 Å². The van der Waals surface area contributed by atoms with Crippen molar-refractivity contribution in [1.82, 2.24) is 24.3 Å². The normalized spacial score (nSPS) is 18.4. The summed E-state index contributed by atoms with van der Waals surface area (Å²) in [7, 11) is 0. The second-order valence-electron chi connectivity index (χ2n) is 9.12. The lowest BCUT2D eigenvalue weighted by atomic mass is 9.78. The Morgan fingerprint density at radius 3 is 2.78 bits per heavy atom. The third kappa shape index (κ3) is 2.61. The van der Waals surface area contributed by atoms with Crippen LogP contribution >= 0.6 is 0 Å². The summed E-state index contributed by atoms with van der Waals surface area (Å²) in [5.74, 6) is 0.965. The van der Waals surface area contributed by atoms with Crippen molar-refractivity contribution in [2.75, 3.05) is 31.2 Å². The fourth-order valence-electron chi connectivity index (χ4n) is 5.53. The highest BCUT2D eigenvalue weighted by Gasteiger charge is 2.38. The molecule has 0 aliphatic carbocycles. The summed E-state index contributed by atoms with van der Waals surface area (Å²) in [6.07, 6.45) is 11.3. The maximum absolute atomic E-state index is 5.71. The molecule has 2 saturated heterocycles. The largest absolute Gasteiger partial charge is 0.381 e. The molecule has 0 atom stereocenters. The molecule has 1 spiro atoms. The molecule has 4 aromatic heterocycles. The minimum absolute atomic E-state index is 0.372. The highest BCUT2D eigenvalue weighted by molar-refractivity contribution is 6.08. The number of benzene rings is 1. The van der Waals surface area contributed by atoms with Gasteiger partial charge in [-0.1, -0.05) is 18.2 Å². The standard InChI is InChI=1S/C25H24N6O/c1-3-17(18-4-2-9-26-20(18)5-1)19-15-28-22-21(19)23-27-10-13-31(23)24(29-22)30-11-6-25(7-12-30)8-14-32-16-25/h1-5,9-10,13,15,28H,6-8,11-12,14,16H2. The molecule has 1 N–H and O–H groups in total. The molecular formula is C25H24N6O. The van der Waals surface area contributed by atoms with E-state index >= 15 is 0 Å². The van der Waals surface area contributed by atoms with E-state index in [1.807, 2.05) is 30.7 Å². The average molecular weight is 425 g/mol. The first-order chi connectivity index (χ1) is 15.8. The van der Waals surface area contributed by atoms with Crippen molar-refractivity contribution in [3.8, 4) is 11.1 Å². The van der Waals surface area contributed by atoms with Gasteiger partial charge in [-0.2, -0.15) is 4.98 Å². The summed E-state index contributed by atoms with van der Waals surface area (Å²) in [6.45, 7) is 3.81. The zero-order chi connectivity index (χ0) is 21.1. The van der Waals surface area contributed by atoms with Crippen LogP contribution in [-0.2, 0) is 4.74 Å². The van der Waals surface area contributed by atoms with E-state index in [-0.39, 0.29) is 0 Å². The Morgan fingerprint density at radius 2 is 1.91 bits per heavy atom. The summed E-state index contributed by atoms with van der Waals surface area (Å²) >= 11 is 0. The summed E-state index contributed by atoms with van der Waals surface area (Å²) in [5, 5.41) is 2.18. The molecule has 6 heterocycles. The summed E-state index contributed by atoms with van der Waals surface area (Å²) in [4.78, 5) is 20.2. The molecule has 0 radical (unpaired) electrons. The van der Waals surface area contributed by atoms with Crippen molar-refractivity contribution >= 4 is 33.5 Å². The molecule has 0 unspecified atom stereocenters. The quantitative estimate of drug-likeness (QED) is 0.454. The van der Waals surface area contributed by atoms with Gasteiger partial charge in [0.05, 0.1) is 17.5 Å². The van der Waals surface area contributed by atoms with Gasteiger partial charge >= 0.3 is 0 Å². The van der Waals surface area contributed by atoms with Crippen LogP contribution in [0.4, 0.5) is 5.95 Å². The molecule has 32 heavy (non-hydrogen) atoms. The van der Waals surface area contributed by atoms with E-state index in [0.29, 0.717) is 5.41 Å². The van der Waals surface area contributed by atoms with Gasteiger partial charge in [0.15, 0.2) is 5.65 Å². The number of piperidine rings is 1. The molecule has 7 nitrogen and oxygen atoms in total. The lowest BCUT2D eigenvalue weighted by Crippen LogP contribution is -2.41. The van der Waals surface area contributed by atoms with Crippen molar-refractivity contribution < 1.29 is 4.74 Å². The first-order valence-electron chi connectivity index (χ1n) is 11.3. The third-order valence-electron chi connectivity index (χ3n) is 7.38. The molecule has 2 aliphatic rings. The van der Waals surface area contributed by atoms with Crippen LogP contribution in [0, 0.1) is 5.41 Å². The minimum Gasteiger partial charge on any atom is -0.381 e. The maximum atomic E-state index is 5.71. The SMILES string of the molecule is c1cc(-c2c[nH]c3nc(N4CCC5(CCOC5)CC4)n4ccnc4c23)c2cccnc2c1. The Hall–Kier alpha value is -3.45. The lowest BCUT2D eigenvalue weighted by molar-refractivity contribution is 0.133. The van der Waals surface area contributed by atoms with E-state index in [4.69, 9.17) is 14.7 Å². The second-order valence-corrected chi connectivity index (χ2v) is 9.12. The molecule has 0 saturated carbocycles. The van der Waals surface area contributed by atoms with Crippen LogP contribution < -0.4 is 4.90 Å². The van der Waals surface area contributed by atoms with Crippen LogP contribution in [0.25, 0.3) is 38.7 Å². The van der Waals surface area contributed by atoms with E-state index in [1.54, 1.807) is 0 Å². The van der Waals surface area contributed by atoms with Crippen LogP contribution in [0.5, 0.6) is 0 Å². The Labute approximate surface area is 185 Å². The van der Waals surface area contributed by atoms with E-state index in [2.05, 4.69) is 43.7 Å². The number of H-pyrrole nitrogens is 1. The molecule has 0 amide bonds. The topological polar surface area (TPSA) is 71.3 Å². The predicted molar refractivity (Wildman–Crippen MR) is 125 cm³/mol. The van der Waals surface area contributed by atoms with Gasteiger partial charge in [0, 0.05) is 55.4 Å². The van der Waals surface area contributed by atoms with Crippen molar-refractivity contribution in [2.45, 2.75) is 19.3 Å². The number of hydrogen-bond donors (Lipinski definition) is 1. The fraction of sp³-hybridized carbons (Fsp3) is 0.320. The van der Waals surface area contributed by atoms with E-state index in [9.17, 15) is 0 Å². The van der Waals surface area contributed by atoms with Crippen molar-refractivity contribution in [3.63, 3.8) is 0 Å². The smallest absolute Gasteiger partial charge is 0.213 e. The molecule has 0 bridgehead atoms. The monoisotopic (exact) mass is 424 g/mol. The summed E-state index contributed by atoms with van der Waals surface area (Å²) in [5.41, 5.74) is 5.42. The molecule has 7 heteroatoms. The van der Waals surface area contributed by atoms with Gasteiger partial charge in [0.2, 0.25) is 5.95 Å². The molecule has 1 aromatic carbocycles. The molecule has 5 aromatic rings. The number of aromatic nitrogens is 5. The zero-order valence-electron chi connectivity index (χ0n) is 17.8. The number of nitrogens with one attached hydrogen (secondary N) is 1. The lowest BCUT2D eigenvalue weighted by Gasteiger charge is -2.38. The predicted octanol–water partition coefficient (Wildman–Crippen LogP) is 4.43. The number of aromatic amines is 1. The number of nitrogens with zero attached hydrogens (tertiary/aromatic N) is 5. The number of hydrogen-bond acceptors (Lipinski definition) is 5. The van der Waals surface area contributed by atoms with E-state index in [1.165, 1.54) is 6.42 Å². The number of fused-ring (bicyclic) bond motifs is 4. The number of pyridine rings is 1. The highest BCUT2D eigenvalue weighted by Crippen LogP contribution is 2.41. The van der Waals surface area contributed by atoms with Crippen LogP contribution in [0.1, 0.15) is 19.3 Å². The van der Waals surface area contributed by atoms with Crippen LogP contribution in [0.3, 0.4) is 0 Å². The Balaban J connectivity index is 1.36. The summed E-state index contributed by atoms with van der Waals surface area (Å²) < 4.78 is 7.86. The number of imidazole rings is 1. The van der Waals surface area contributed by atoms with Gasteiger partial charge in [-0.3, -0.25) is 9.38 Å². The Kier molecular flexibility index (Phi) is 3.84. The number of rotatable bonds is 2. The number of ether oxygens (including phenoxy) is 1. The van der Waals surface area contributed by atoms with Gasteiger partial charge < -0.3 is 14.6 Å². The van der Waals surface area contributed by atoms with Crippen molar-refractivity contribution in [2.24, 2.45) is 5.41 Å². The molecular weight excluding hydrogens is 400 g/mol. The van der Waals surface area contributed by atoms with Gasteiger partial charge in [-0.25, -0.2) is 4.98 Å². The van der Waals surface area contributed by atoms with Gasteiger partial charge in [0.1, 0.15) is 5.65 Å². The average Bonchev–Trinajstić information content (AvgIpc) is 3.58. The van der Waals surface area contributed by atoms with E-state index in [0.717, 1.165) is 83.8 Å². The molecule has 7 rings (SSSR count). The molecule has 2 fully saturated rings. The van der Waals surface area contributed by atoms with E-state index < -0.39 is 0 Å². The summed E-state index contributed by atoms with van der Waals surface area (Å²) in [6, 6.07) is 10.4. The maximum Gasteiger partial charge on any atom is 0.213 e.